The highest BCUT2D eigenvalue weighted by atomic mass is 32.2. The van der Waals surface area contributed by atoms with E-state index in [0.29, 0.717) is 22.0 Å². The molecule has 0 unspecified atom stereocenters. The van der Waals surface area contributed by atoms with Crippen LogP contribution in [0.25, 0.3) is 0 Å². The molecule has 1 aromatic heterocycles. The molecule has 0 aliphatic carbocycles. The van der Waals surface area contributed by atoms with E-state index in [1.54, 1.807) is 45.2 Å². The minimum atomic E-state index is -0.538. The van der Waals surface area contributed by atoms with E-state index in [-0.39, 0.29) is 35.3 Å². The van der Waals surface area contributed by atoms with Crippen molar-refractivity contribution in [2.45, 2.75) is 18.9 Å². The van der Waals surface area contributed by atoms with Crippen LogP contribution in [-0.4, -0.2) is 42.2 Å². The molecule has 0 saturated carbocycles. The number of ether oxygens (including phenoxy) is 1. The Labute approximate surface area is 172 Å². The average Bonchev–Trinajstić information content (AvgIpc) is 2.72. The maximum Gasteiger partial charge on any atom is 0.340 e. The Morgan fingerprint density at radius 2 is 1.93 bits per heavy atom. The molecular formula is C20H20N4O4S. The molecule has 2 amide bonds. The van der Waals surface area contributed by atoms with Crippen molar-refractivity contribution in [2.75, 3.05) is 24.7 Å². The van der Waals surface area contributed by atoms with Crippen LogP contribution in [0.2, 0.25) is 0 Å². The van der Waals surface area contributed by atoms with Crippen molar-refractivity contribution in [3.8, 4) is 6.07 Å². The van der Waals surface area contributed by atoms with Gasteiger partial charge in [-0.15, -0.1) is 0 Å². The molecule has 0 aliphatic rings. The molecule has 2 N–H and O–H groups in total. The van der Waals surface area contributed by atoms with Gasteiger partial charge >= 0.3 is 5.97 Å². The Bertz CT molecular complexity index is 968. The van der Waals surface area contributed by atoms with Crippen LogP contribution in [0.1, 0.15) is 38.9 Å². The van der Waals surface area contributed by atoms with Gasteiger partial charge in [-0.3, -0.25) is 9.59 Å². The monoisotopic (exact) mass is 412 g/mol. The highest BCUT2D eigenvalue weighted by Crippen LogP contribution is 2.23. The summed E-state index contributed by atoms with van der Waals surface area (Å²) in [6.07, 6.45) is 0. The normalized spacial score (nSPS) is 10.0. The fourth-order valence-electron chi connectivity index (χ4n) is 2.37. The summed E-state index contributed by atoms with van der Waals surface area (Å²) in [6.45, 7) is 3.56. The van der Waals surface area contributed by atoms with Crippen molar-refractivity contribution in [1.82, 2.24) is 10.3 Å². The molecule has 8 nitrogen and oxygen atoms in total. The zero-order valence-corrected chi connectivity index (χ0v) is 17.1. The van der Waals surface area contributed by atoms with Crippen molar-refractivity contribution in [1.29, 1.82) is 5.26 Å². The number of nitrogens with one attached hydrogen (secondary N) is 2. The number of aryl methyl sites for hydroxylation is 1. The van der Waals surface area contributed by atoms with Crippen molar-refractivity contribution >= 4 is 35.2 Å². The van der Waals surface area contributed by atoms with Crippen molar-refractivity contribution in [3.63, 3.8) is 0 Å². The lowest BCUT2D eigenvalue weighted by molar-refractivity contribution is -0.113. The first-order valence-electron chi connectivity index (χ1n) is 8.73. The number of esters is 1. The average molecular weight is 412 g/mol. The van der Waals surface area contributed by atoms with Crippen LogP contribution in [0.3, 0.4) is 0 Å². The molecule has 150 valence electrons. The van der Waals surface area contributed by atoms with Crippen LogP contribution in [0.4, 0.5) is 5.69 Å². The highest BCUT2D eigenvalue weighted by Gasteiger charge is 2.17. The van der Waals surface area contributed by atoms with E-state index in [1.807, 2.05) is 6.07 Å². The van der Waals surface area contributed by atoms with E-state index in [9.17, 15) is 19.6 Å². The number of nitriles is 1. The number of hydrogen-bond acceptors (Lipinski definition) is 7. The zero-order chi connectivity index (χ0) is 21.4. The van der Waals surface area contributed by atoms with Gasteiger partial charge in [-0.05, 0) is 44.2 Å². The minimum Gasteiger partial charge on any atom is -0.462 e. The number of hydrogen-bond donors (Lipinski definition) is 2. The topological polar surface area (TPSA) is 121 Å². The Morgan fingerprint density at radius 1 is 1.24 bits per heavy atom. The predicted molar refractivity (Wildman–Crippen MR) is 109 cm³/mol. The van der Waals surface area contributed by atoms with E-state index in [2.05, 4.69) is 15.6 Å². The van der Waals surface area contributed by atoms with Crippen LogP contribution < -0.4 is 10.6 Å². The van der Waals surface area contributed by atoms with Gasteiger partial charge in [0.25, 0.3) is 5.91 Å². The Morgan fingerprint density at radius 3 is 2.52 bits per heavy atom. The number of amides is 2. The SMILES string of the molecule is CCOC(=O)c1cc(C#N)c(SCC(=O)Nc2ccc(C(=O)NC)cc2)nc1C. The molecule has 0 radical (unpaired) electrons. The van der Waals surface area contributed by atoms with Gasteiger partial charge in [-0.1, -0.05) is 11.8 Å². The second-order valence-corrected chi connectivity index (χ2v) is 6.76. The Kier molecular flexibility index (Phi) is 7.74. The fourth-order valence-corrected chi connectivity index (χ4v) is 3.17. The summed E-state index contributed by atoms with van der Waals surface area (Å²) in [6, 6.07) is 9.89. The third-order valence-corrected chi connectivity index (χ3v) is 4.78. The highest BCUT2D eigenvalue weighted by molar-refractivity contribution is 8.00. The third kappa shape index (κ3) is 5.80. The van der Waals surface area contributed by atoms with Crippen molar-refractivity contribution in [2.24, 2.45) is 0 Å². The fraction of sp³-hybridized carbons (Fsp3) is 0.250. The van der Waals surface area contributed by atoms with E-state index in [1.165, 1.54) is 6.07 Å². The summed E-state index contributed by atoms with van der Waals surface area (Å²) in [7, 11) is 1.54. The molecular weight excluding hydrogens is 392 g/mol. The minimum absolute atomic E-state index is 0.0249. The number of thioether (sulfide) groups is 1. The van der Waals surface area contributed by atoms with E-state index >= 15 is 0 Å². The Balaban J connectivity index is 2.04. The van der Waals surface area contributed by atoms with Crippen LogP contribution >= 0.6 is 11.8 Å². The summed E-state index contributed by atoms with van der Waals surface area (Å²) in [4.78, 5) is 40.0. The van der Waals surface area contributed by atoms with Gasteiger partial charge in [0, 0.05) is 18.3 Å². The van der Waals surface area contributed by atoms with Crippen LogP contribution in [-0.2, 0) is 9.53 Å². The second-order valence-electron chi connectivity index (χ2n) is 5.80. The van der Waals surface area contributed by atoms with Crippen LogP contribution in [0.15, 0.2) is 35.4 Å². The molecule has 2 aromatic rings. The first-order chi connectivity index (χ1) is 13.9. The number of pyridine rings is 1. The van der Waals surface area contributed by atoms with E-state index in [0.717, 1.165) is 11.8 Å². The van der Waals surface area contributed by atoms with E-state index < -0.39 is 5.97 Å². The third-order valence-electron chi connectivity index (χ3n) is 3.79. The smallest absolute Gasteiger partial charge is 0.340 e. The molecule has 0 aliphatic heterocycles. The van der Waals surface area contributed by atoms with Crippen molar-refractivity contribution in [3.05, 3.63) is 52.7 Å². The molecule has 1 aromatic carbocycles. The number of rotatable bonds is 7. The molecule has 2 rings (SSSR count). The standard InChI is InChI=1S/C20H20N4O4S/c1-4-28-20(27)16-9-14(10-21)19(23-12(16)2)29-11-17(25)24-15-7-5-13(6-8-15)18(26)22-3/h5-9H,4,11H2,1-3H3,(H,22,26)(H,24,25). The first-order valence-corrected chi connectivity index (χ1v) is 9.71. The number of carbonyl (C=O) groups is 3. The Hall–Kier alpha value is -3.38. The lowest BCUT2D eigenvalue weighted by Gasteiger charge is -2.10. The van der Waals surface area contributed by atoms with Gasteiger partial charge in [0.2, 0.25) is 5.91 Å². The van der Waals surface area contributed by atoms with Gasteiger partial charge in [0.05, 0.1) is 29.2 Å². The molecule has 0 atom stereocenters. The maximum absolute atomic E-state index is 12.2. The quantitative estimate of drug-likeness (QED) is 0.529. The molecule has 0 saturated heterocycles. The van der Waals surface area contributed by atoms with Gasteiger partial charge in [0.1, 0.15) is 11.1 Å². The zero-order valence-electron chi connectivity index (χ0n) is 16.2. The molecule has 9 heteroatoms. The van der Waals surface area contributed by atoms with Gasteiger partial charge in [0.15, 0.2) is 0 Å². The first kappa shape index (κ1) is 21.9. The molecule has 29 heavy (non-hydrogen) atoms. The number of nitrogens with zero attached hydrogens (tertiary/aromatic N) is 2. The summed E-state index contributed by atoms with van der Waals surface area (Å²) in [5.74, 6) is -1.02. The number of anilines is 1. The van der Waals surface area contributed by atoms with Gasteiger partial charge < -0.3 is 15.4 Å². The van der Waals surface area contributed by atoms with Crippen LogP contribution in [0.5, 0.6) is 0 Å². The largest absolute Gasteiger partial charge is 0.462 e. The van der Waals surface area contributed by atoms with Crippen LogP contribution in [0, 0.1) is 18.3 Å². The van der Waals surface area contributed by atoms with E-state index in [4.69, 9.17) is 4.74 Å². The lowest BCUT2D eigenvalue weighted by Crippen LogP contribution is -2.18. The molecule has 0 spiro atoms. The molecule has 0 bridgehead atoms. The summed E-state index contributed by atoms with van der Waals surface area (Å²) >= 11 is 1.10. The second kappa shape index (κ2) is 10.2. The van der Waals surface area contributed by atoms with Crippen molar-refractivity contribution < 1.29 is 19.1 Å². The summed E-state index contributed by atoms with van der Waals surface area (Å²) in [5.41, 5.74) is 1.89. The number of benzene rings is 1. The molecule has 1 heterocycles. The summed E-state index contributed by atoms with van der Waals surface area (Å²) < 4.78 is 4.96. The number of aromatic nitrogens is 1. The van der Waals surface area contributed by atoms with Gasteiger partial charge in [-0.25, -0.2) is 9.78 Å². The molecule has 0 fully saturated rings. The predicted octanol–water partition coefficient (Wildman–Crippen LogP) is 2.53. The number of carbonyl (C=O) groups excluding carboxylic acids is 3. The van der Waals surface area contributed by atoms with Gasteiger partial charge in [-0.2, -0.15) is 5.26 Å². The summed E-state index contributed by atoms with van der Waals surface area (Å²) in [5, 5.41) is 15.0. The maximum atomic E-state index is 12.2. The lowest BCUT2D eigenvalue weighted by atomic mass is 10.1.